The van der Waals surface area contributed by atoms with Crippen molar-refractivity contribution in [2.24, 2.45) is 0 Å². The van der Waals surface area contributed by atoms with Crippen molar-refractivity contribution in [3.05, 3.63) is 0 Å². The molecule has 0 aliphatic rings. The van der Waals surface area contributed by atoms with E-state index in [0.29, 0.717) is 12.8 Å². The highest BCUT2D eigenvalue weighted by Crippen LogP contribution is 2.16. The molecular weight excluding hydrogens is 264 g/mol. The lowest BCUT2D eigenvalue weighted by atomic mass is 10.0. The zero-order chi connectivity index (χ0) is 14.7. The van der Waals surface area contributed by atoms with Gasteiger partial charge in [0.2, 0.25) is 0 Å². The molecule has 0 saturated heterocycles. The van der Waals surface area contributed by atoms with Crippen molar-refractivity contribution in [1.82, 2.24) is 0 Å². The van der Waals surface area contributed by atoms with E-state index in [-0.39, 0.29) is 6.10 Å². The summed E-state index contributed by atoms with van der Waals surface area (Å²) >= 11 is 0. The van der Waals surface area contributed by atoms with Gasteiger partial charge >= 0.3 is 0 Å². The van der Waals surface area contributed by atoms with E-state index < -0.39 is 15.4 Å². The van der Waals surface area contributed by atoms with Crippen LogP contribution in [0.4, 0.5) is 0 Å². The van der Waals surface area contributed by atoms with E-state index in [0.717, 1.165) is 32.1 Å². The number of hydrogen-bond acceptors (Lipinski definition) is 3. The quantitative estimate of drug-likeness (QED) is 0.426. The Morgan fingerprint density at radius 3 is 1.89 bits per heavy atom. The van der Waals surface area contributed by atoms with Gasteiger partial charge < -0.3 is 5.11 Å². The molecule has 0 aliphatic carbocycles. The second-order valence-electron chi connectivity index (χ2n) is 5.33. The summed E-state index contributed by atoms with van der Waals surface area (Å²) in [6.45, 7) is 3.93. The van der Waals surface area contributed by atoms with Gasteiger partial charge in [-0.05, 0) is 25.7 Å². The molecule has 0 heterocycles. The first-order chi connectivity index (χ1) is 8.91. The first-order valence-corrected chi connectivity index (χ1v) is 9.06. The fourth-order valence-corrected chi connectivity index (χ4v) is 3.15. The predicted molar refractivity (Wildman–Crippen MR) is 78.9 cm³/mol. The molecule has 2 unspecified atom stereocenters. The Hall–Kier alpha value is -0.130. The molecule has 2 N–H and O–H groups in total. The fourth-order valence-electron chi connectivity index (χ4n) is 2.27. The Kier molecular flexibility index (Phi) is 10.6. The van der Waals surface area contributed by atoms with Crippen molar-refractivity contribution < 1.29 is 18.1 Å². The molecule has 0 bridgehead atoms. The van der Waals surface area contributed by atoms with Gasteiger partial charge in [-0.25, -0.2) is 0 Å². The highest BCUT2D eigenvalue weighted by atomic mass is 32.2. The van der Waals surface area contributed by atoms with Crippen LogP contribution in [-0.2, 0) is 10.1 Å². The van der Waals surface area contributed by atoms with Gasteiger partial charge in [0.15, 0.2) is 0 Å². The fraction of sp³-hybridized carbons (Fsp3) is 1.00. The van der Waals surface area contributed by atoms with Crippen molar-refractivity contribution in [2.75, 3.05) is 0 Å². The van der Waals surface area contributed by atoms with E-state index in [1.54, 1.807) is 6.92 Å². The zero-order valence-corrected chi connectivity index (χ0v) is 13.2. The van der Waals surface area contributed by atoms with E-state index in [4.69, 9.17) is 4.55 Å². The third kappa shape index (κ3) is 10.3. The lowest BCUT2D eigenvalue weighted by Gasteiger charge is -2.13. The van der Waals surface area contributed by atoms with Gasteiger partial charge in [0, 0.05) is 0 Å². The van der Waals surface area contributed by atoms with E-state index in [1.165, 1.54) is 19.3 Å². The molecule has 0 rings (SSSR count). The van der Waals surface area contributed by atoms with Crippen molar-refractivity contribution in [3.8, 4) is 0 Å². The van der Waals surface area contributed by atoms with E-state index in [9.17, 15) is 13.5 Å². The van der Waals surface area contributed by atoms with Crippen LogP contribution in [0.3, 0.4) is 0 Å². The molecule has 2 atom stereocenters. The summed E-state index contributed by atoms with van der Waals surface area (Å²) in [7, 11) is -3.90. The van der Waals surface area contributed by atoms with E-state index in [1.807, 2.05) is 0 Å². The molecule has 0 aromatic heterocycles. The second kappa shape index (κ2) is 10.6. The normalized spacial score (nSPS) is 15.4. The van der Waals surface area contributed by atoms with Gasteiger partial charge in [-0.1, -0.05) is 52.4 Å². The SMILES string of the molecule is CCCCCCC(O)CCCCC(CC)S(=O)(=O)O. The van der Waals surface area contributed by atoms with Crippen LogP contribution in [0, 0.1) is 0 Å². The molecule has 0 radical (unpaired) electrons. The van der Waals surface area contributed by atoms with E-state index in [2.05, 4.69) is 6.92 Å². The summed E-state index contributed by atoms with van der Waals surface area (Å²) in [5.41, 5.74) is 0. The molecule has 0 aromatic carbocycles. The summed E-state index contributed by atoms with van der Waals surface area (Å²) in [6.07, 6.45) is 8.46. The lowest BCUT2D eigenvalue weighted by Crippen LogP contribution is -2.19. The maximum Gasteiger partial charge on any atom is 0.267 e. The van der Waals surface area contributed by atoms with Gasteiger partial charge in [0.25, 0.3) is 10.1 Å². The van der Waals surface area contributed by atoms with Gasteiger partial charge in [-0.2, -0.15) is 8.42 Å². The summed E-state index contributed by atoms with van der Waals surface area (Å²) in [5.74, 6) is 0. The van der Waals surface area contributed by atoms with E-state index >= 15 is 0 Å². The lowest BCUT2D eigenvalue weighted by molar-refractivity contribution is 0.147. The zero-order valence-electron chi connectivity index (χ0n) is 12.3. The third-order valence-corrected chi connectivity index (χ3v) is 4.99. The number of aliphatic hydroxyl groups is 1. The molecule has 0 spiro atoms. The van der Waals surface area contributed by atoms with Gasteiger partial charge in [-0.15, -0.1) is 0 Å². The summed E-state index contributed by atoms with van der Waals surface area (Å²) < 4.78 is 31.0. The topological polar surface area (TPSA) is 74.6 Å². The van der Waals surface area contributed by atoms with Crippen molar-refractivity contribution in [1.29, 1.82) is 0 Å². The Balaban J connectivity index is 3.62. The molecule has 0 aliphatic heterocycles. The number of rotatable bonds is 12. The smallest absolute Gasteiger partial charge is 0.267 e. The van der Waals surface area contributed by atoms with Crippen LogP contribution >= 0.6 is 0 Å². The average molecular weight is 294 g/mol. The minimum Gasteiger partial charge on any atom is -0.393 e. The monoisotopic (exact) mass is 294 g/mol. The summed E-state index contributed by atoms with van der Waals surface area (Å²) in [4.78, 5) is 0. The minimum absolute atomic E-state index is 0.261. The van der Waals surface area contributed by atoms with Crippen LogP contribution in [0.15, 0.2) is 0 Å². The number of aliphatic hydroxyl groups excluding tert-OH is 1. The Bertz CT molecular complexity index is 301. The summed E-state index contributed by atoms with van der Waals surface area (Å²) in [6, 6.07) is 0. The van der Waals surface area contributed by atoms with Crippen LogP contribution in [0.5, 0.6) is 0 Å². The van der Waals surface area contributed by atoms with Gasteiger partial charge in [0.05, 0.1) is 11.4 Å². The van der Waals surface area contributed by atoms with Crippen molar-refractivity contribution in [3.63, 3.8) is 0 Å². The molecule has 0 saturated carbocycles. The predicted octanol–water partition coefficient (Wildman–Crippen LogP) is 3.54. The molecule has 4 nitrogen and oxygen atoms in total. The highest BCUT2D eigenvalue weighted by molar-refractivity contribution is 7.86. The molecule has 5 heteroatoms. The Morgan fingerprint density at radius 1 is 0.895 bits per heavy atom. The molecule has 0 fully saturated rings. The number of hydrogen-bond donors (Lipinski definition) is 2. The van der Waals surface area contributed by atoms with Crippen LogP contribution < -0.4 is 0 Å². The second-order valence-corrected chi connectivity index (χ2v) is 7.03. The van der Waals surface area contributed by atoms with Crippen LogP contribution in [-0.4, -0.2) is 29.4 Å². The molecule has 0 amide bonds. The molecule has 19 heavy (non-hydrogen) atoms. The van der Waals surface area contributed by atoms with Gasteiger partial charge in [-0.3, -0.25) is 4.55 Å². The largest absolute Gasteiger partial charge is 0.393 e. The maximum atomic E-state index is 11.0. The Morgan fingerprint density at radius 2 is 1.42 bits per heavy atom. The standard InChI is InChI=1S/C14H30O4S/c1-3-5-6-7-10-13(15)11-8-9-12-14(4-2)19(16,17)18/h13-15H,3-12H2,1-2H3,(H,16,17,18). The van der Waals surface area contributed by atoms with Crippen LogP contribution in [0.1, 0.15) is 78.1 Å². The highest BCUT2D eigenvalue weighted by Gasteiger charge is 2.20. The minimum atomic E-state index is -3.90. The number of unbranched alkanes of at least 4 members (excludes halogenated alkanes) is 4. The molecular formula is C14H30O4S. The van der Waals surface area contributed by atoms with Crippen LogP contribution in [0.25, 0.3) is 0 Å². The summed E-state index contributed by atoms with van der Waals surface area (Å²) in [5, 5.41) is 9.12. The molecule has 116 valence electrons. The van der Waals surface area contributed by atoms with Gasteiger partial charge in [0.1, 0.15) is 0 Å². The maximum absolute atomic E-state index is 11.0. The first kappa shape index (κ1) is 18.9. The van der Waals surface area contributed by atoms with Crippen LogP contribution in [0.2, 0.25) is 0 Å². The van der Waals surface area contributed by atoms with Crippen molar-refractivity contribution >= 4 is 10.1 Å². The average Bonchev–Trinajstić information content (AvgIpc) is 2.33. The Labute approximate surface area is 118 Å². The first-order valence-electron chi connectivity index (χ1n) is 7.56. The van der Waals surface area contributed by atoms with Crippen molar-refractivity contribution in [2.45, 2.75) is 89.4 Å². The molecule has 0 aromatic rings. The third-order valence-electron chi connectivity index (χ3n) is 3.58.